The molecule has 0 radical (unpaired) electrons. The van der Waals surface area contributed by atoms with Gasteiger partial charge in [-0.3, -0.25) is 14.6 Å². The van der Waals surface area contributed by atoms with Crippen LogP contribution in [0.3, 0.4) is 0 Å². The van der Waals surface area contributed by atoms with Crippen LogP contribution in [0.4, 0.5) is 0 Å². The summed E-state index contributed by atoms with van der Waals surface area (Å²) in [5.74, 6) is 0.574. The molecule has 0 aliphatic heterocycles. The van der Waals surface area contributed by atoms with Crippen molar-refractivity contribution in [2.75, 3.05) is 7.05 Å². The number of nitrogens with zero attached hydrogens (tertiary/aromatic N) is 5. The molecular formula is C11H16N6O. The zero-order chi connectivity index (χ0) is 13.1. The van der Waals surface area contributed by atoms with E-state index >= 15 is 0 Å². The van der Waals surface area contributed by atoms with Crippen molar-refractivity contribution in [2.24, 2.45) is 7.05 Å². The Hall–Kier alpha value is -2.18. The summed E-state index contributed by atoms with van der Waals surface area (Å²) in [6.07, 6.45) is 2.24. The van der Waals surface area contributed by atoms with Crippen molar-refractivity contribution < 1.29 is 4.79 Å². The third-order valence-corrected chi connectivity index (χ3v) is 2.71. The Morgan fingerprint density at radius 2 is 2.33 bits per heavy atom. The van der Waals surface area contributed by atoms with Gasteiger partial charge in [0.15, 0.2) is 0 Å². The van der Waals surface area contributed by atoms with Crippen LogP contribution in [-0.2, 0) is 20.0 Å². The van der Waals surface area contributed by atoms with Gasteiger partial charge in [0.1, 0.15) is 17.8 Å². The van der Waals surface area contributed by atoms with Gasteiger partial charge >= 0.3 is 0 Å². The van der Waals surface area contributed by atoms with E-state index < -0.39 is 0 Å². The fourth-order valence-corrected chi connectivity index (χ4v) is 1.70. The van der Waals surface area contributed by atoms with Crippen LogP contribution in [0.5, 0.6) is 0 Å². The minimum atomic E-state index is -0.0823. The second kappa shape index (κ2) is 4.99. The number of carbonyl (C=O) groups is 1. The molecule has 0 atom stereocenters. The number of amides is 1. The van der Waals surface area contributed by atoms with Crippen molar-refractivity contribution in [3.8, 4) is 0 Å². The van der Waals surface area contributed by atoms with E-state index in [4.69, 9.17) is 0 Å². The van der Waals surface area contributed by atoms with E-state index in [1.807, 2.05) is 13.0 Å². The first kappa shape index (κ1) is 12.3. The molecule has 96 valence electrons. The van der Waals surface area contributed by atoms with Crippen LogP contribution in [0.2, 0.25) is 0 Å². The van der Waals surface area contributed by atoms with Gasteiger partial charge in [-0.05, 0) is 12.5 Å². The van der Waals surface area contributed by atoms with Crippen molar-refractivity contribution in [1.29, 1.82) is 0 Å². The SMILES string of the molecule is CCc1cc(C(=O)N(C)Cc2ncn[nH]2)n(C)n1. The molecule has 0 fully saturated rings. The zero-order valence-electron chi connectivity index (χ0n) is 10.7. The fourth-order valence-electron chi connectivity index (χ4n) is 1.70. The predicted octanol–water partition coefficient (Wildman–Crippen LogP) is 0.373. The number of rotatable bonds is 4. The third-order valence-electron chi connectivity index (χ3n) is 2.71. The molecule has 0 saturated carbocycles. The molecule has 0 spiro atoms. The van der Waals surface area contributed by atoms with E-state index in [-0.39, 0.29) is 5.91 Å². The molecule has 1 N–H and O–H groups in total. The van der Waals surface area contributed by atoms with E-state index in [0.29, 0.717) is 18.1 Å². The number of carbonyl (C=O) groups excluding carboxylic acids is 1. The minimum absolute atomic E-state index is 0.0823. The number of aromatic amines is 1. The number of hydrogen-bond acceptors (Lipinski definition) is 4. The highest BCUT2D eigenvalue weighted by Gasteiger charge is 2.17. The molecule has 1 amide bonds. The maximum Gasteiger partial charge on any atom is 0.272 e. The largest absolute Gasteiger partial charge is 0.333 e. The first-order valence-corrected chi connectivity index (χ1v) is 5.74. The molecule has 2 aromatic rings. The summed E-state index contributed by atoms with van der Waals surface area (Å²) in [7, 11) is 3.50. The lowest BCUT2D eigenvalue weighted by molar-refractivity contribution is 0.0770. The number of aromatic nitrogens is 5. The smallest absolute Gasteiger partial charge is 0.272 e. The van der Waals surface area contributed by atoms with Gasteiger partial charge in [-0.1, -0.05) is 6.92 Å². The highest BCUT2D eigenvalue weighted by Crippen LogP contribution is 2.08. The van der Waals surface area contributed by atoms with Gasteiger partial charge < -0.3 is 4.90 Å². The zero-order valence-corrected chi connectivity index (χ0v) is 10.7. The van der Waals surface area contributed by atoms with E-state index in [1.165, 1.54) is 6.33 Å². The normalized spacial score (nSPS) is 10.6. The average Bonchev–Trinajstić information content (AvgIpc) is 2.97. The second-order valence-corrected chi connectivity index (χ2v) is 4.09. The van der Waals surface area contributed by atoms with E-state index in [2.05, 4.69) is 20.3 Å². The molecule has 2 aromatic heterocycles. The molecular weight excluding hydrogens is 232 g/mol. The van der Waals surface area contributed by atoms with Crippen LogP contribution in [0.15, 0.2) is 12.4 Å². The minimum Gasteiger partial charge on any atom is -0.333 e. The Balaban J connectivity index is 2.12. The summed E-state index contributed by atoms with van der Waals surface area (Å²) in [5, 5.41) is 10.7. The highest BCUT2D eigenvalue weighted by atomic mass is 16.2. The van der Waals surface area contributed by atoms with Gasteiger partial charge in [0, 0.05) is 14.1 Å². The second-order valence-electron chi connectivity index (χ2n) is 4.09. The Labute approximate surface area is 105 Å². The molecule has 0 aliphatic carbocycles. The summed E-state index contributed by atoms with van der Waals surface area (Å²) < 4.78 is 1.61. The lowest BCUT2D eigenvalue weighted by atomic mass is 10.3. The summed E-state index contributed by atoms with van der Waals surface area (Å²) in [6.45, 7) is 2.40. The van der Waals surface area contributed by atoms with Crippen LogP contribution in [-0.4, -0.2) is 42.8 Å². The Bertz CT molecular complexity index is 530. The van der Waals surface area contributed by atoms with Gasteiger partial charge in [-0.2, -0.15) is 10.2 Å². The lowest BCUT2D eigenvalue weighted by Crippen LogP contribution is -2.28. The molecule has 7 nitrogen and oxygen atoms in total. The molecule has 0 saturated heterocycles. The quantitative estimate of drug-likeness (QED) is 0.848. The maximum absolute atomic E-state index is 12.2. The monoisotopic (exact) mass is 248 g/mol. The van der Waals surface area contributed by atoms with Crippen LogP contribution in [0, 0.1) is 0 Å². The number of hydrogen-bond donors (Lipinski definition) is 1. The molecule has 0 unspecified atom stereocenters. The van der Waals surface area contributed by atoms with Crippen LogP contribution in [0.25, 0.3) is 0 Å². The van der Waals surface area contributed by atoms with E-state index in [9.17, 15) is 4.79 Å². The van der Waals surface area contributed by atoms with Gasteiger partial charge in [0.25, 0.3) is 5.91 Å². The number of aryl methyl sites for hydroxylation is 2. The van der Waals surface area contributed by atoms with Crippen molar-refractivity contribution in [2.45, 2.75) is 19.9 Å². The predicted molar refractivity (Wildman–Crippen MR) is 64.8 cm³/mol. The highest BCUT2D eigenvalue weighted by molar-refractivity contribution is 5.92. The molecule has 2 heterocycles. The van der Waals surface area contributed by atoms with Crippen LogP contribution >= 0.6 is 0 Å². The molecule has 0 aliphatic rings. The number of nitrogens with one attached hydrogen (secondary N) is 1. The fraction of sp³-hybridized carbons (Fsp3) is 0.455. The number of H-pyrrole nitrogens is 1. The molecule has 18 heavy (non-hydrogen) atoms. The van der Waals surface area contributed by atoms with Gasteiger partial charge in [0.2, 0.25) is 0 Å². The average molecular weight is 248 g/mol. The molecule has 0 aromatic carbocycles. The third kappa shape index (κ3) is 2.39. The van der Waals surface area contributed by atoms with Crippen molar-refractivity contribution in [3.05, 3.63) is 29.6 Å². The van der Waals surface area contributed by atoms with Crippen molar-refractivity contribution >= 4 is 5.91 Å². The topological polar surface area (TPSA) is 79.7 Å². The van der Waals surface area contributed by atoms with Crippen molar-refractivity contribution in [3.63, 3.8) is 0 Å². The van der Waals surface area contributed by atoms with Gasteiger partial charge in [-0.15, -0.1) is 0 Å². The first-order valence-electron chi connectivity index (χ1n) is 5.74. The maximum atomic E-state index is 12.2. The van der Waals surface area contributed by atoms with E-state index in [1.54, 1.807) is 23.7 Å². The first-order chi connectivity index (χ1) is 8.61. The Morgan fingerprint density at radius 3 is 2.89 bits per heavy atom. The summed E-state index contributed by atoms with van der Waals surface area (Å²) in [6, 6.07) is 1.82. The Morgan fingerprint density at radius 1 is 1.56 bits per heavy atom. The van der Waals surface area contributed by atoms with Crippen molar-refractivity contribution in [1.82, 2.24) is 29.9 Å². The van der Waals surface area contributed by atoms with Gasteiger partial charge in [0.05, 0.1) is 12.2 Å². The summed E-state index contributed by atoms with van der Waals surface area (Å²) in [4.78, 5) is 17.8. The standard InChI is InChI=1S/C11H16N6O/c1-4-8-5-9(17(3)15-8)11(18)16(2)6-10-12-7-13-14-10/h5,7H,4,6H2,1-3H3,(H,12,13,14). The van der Waals surface area contributed by atoms with Gasteiger partial charge in [-0.25, -0.2) is 4.98 Å². The molecule has 2 rings (SSSR count). The van der Waals surface area contributed by atoms with Crippen LogP contribution < -0.4 is 0 Å². The molecule has 0 bridgehead atoms. The summed E-state index contributed by atoms with van der Waals surface area (Å²) in [5.41, 5.74) is 1.49. The van der Waals surface area contributed by atoms with E-state index in [0.717, 1.165) is 12.1 Å². The molecule has 7 heteroatoms. The van der Waals surface area contributed by atoms with Crippen LogP contribution in [0.1, 0.15) is 28.9 Å². The Kier molecular flexibility index (Phi) is 3.40. The summed E-state index contributed by atoms with van der Waals surface area (Å²) >= 11 is 0. The lowest BCUT2D eigenvalue weighted by Gasteiger charge is -2.15.